The lowest BCUT2D eigenvalue weighted by atomic mass is 9.55. The van der Waals surface area contributed by atoms with Crippen LogP contribution in [0.2, 0.25) is 0 Å². The quantitative estimate of drug-likeness (QED) is 0.585. The zero-order chi connectivity index (χ0) is 20.5. The second-order valence-electron chi connectivity index (χ2n) is 9.92. The number of rotatable bonds is 2. The highest BCUT2D eigenvalue weighted by Crippen LogP contribution is 2.64. The van der Waals surface area contributed by atoms with Gasteiger partial charge < -0.3 is 14.4 Å². The van der Waals surface area contributed by atoms with Crippen LogP contribution in [0, 0.1) is 17.3 Å². The zero-order valence-corrected chi connectivity index (χ0v) is 17.8. The maximum absolute atomic E-state index is 10.2. The van der Waals surface area contributed by atoms with Crippen molar-refractivity contribution in [3.8, 4) is 11.5 Å². The average molecular weight is 403 g/mol. The van der Waals surface area contributed by atoms with Gasteiger partial charge in [0.05, 0.1) is 24.5 Å². The van der Waals surface area contributed by atoms with E-state index in [1.165, 1.54) is 48.7 Å². The third-order valence-electron chi connectivity index (χ3n) is 8.79. The summed E-state index contributed by atoms with van der Waals surface area (Å²) in [5.74, 6) is 2.97. The Hall–Kier alpha value is -2.49. The number of imidazole rings is 1. The smallest absolute Gasteiger partial charge is 0.160 e. The average Bonchev–Trinajstić information content (AvgIpc) is 3.33. The second kappa shape index (κ2) is 6.50. The fourth-order valence-corrected chi connectivity index (χ4v) is 7.41. The van der Waals surface area contributed by atoms with Crippen LogP contribution in [0.4, 0.5) is 0 Å². The van der Waals surface area contributed by atoms with Crippen LogP contribution in [0.15, 0.2) is 42.7 Å². The first kappa shape index (κ1) is 18.3. The Bertz CT molecular complexity index is 1120. The first-order chi connectivity index (χ1) is 14.6. The monoisotopic (exact) mass is 402 g/mol. The van der Waals surface area contributed by atoms with Gasteiger partial charge in [0, 0.05) is 6.04 Å². The van der Waals surface area contributed by atoms with Crippen molar-refractivity contribution >= 4 is 11.0 Å². The third kappa shape index (κ3) is 2.42. The van der Waals surface area contributed by atoms with Gasteiger partial charge in [-0.2, -0.15) is 0 Å². The molecule has 0 saturated heterocycles. The molecule has 0 bridgehead atoms. The highest BCUT2D eigenvalue weighted by molar-refractivity contribution is 5.75. The van der Waals surface area contributed by atoms with Gasteiger partial charge in [-0.05, 0) is 97.1 Å². The Kier molecular flexibility index (Phi) is 3.96. The van der Waals surface area contributed by atoms with Crippen molar-refractivity contribution in [2.24, 2.45) is 17.3 Å². The van der Waals surface area contributed by atoms with Gasteiger partial charge in [0.15, 0.2) is 11.5 Å². The Morgan fingerprint density at radius 1 is 1.13 bits per heavy atom. The van der Waals surface area contributed by atoms with Crippen molar-refractivity contribution in [2.75, 3.05) is 7.11 Å². The molecule has 3 aromatic rings. The molecule has 6 rings (SSSR count). The molecule has 4 heteroatoms. The molecule has 0 aliphatic heterocycles. The highest BCUT2D eigenvalue weighted by atomic mass is 16.5. The molecule has 4 nitrogen and oxygen atoms in total. The van der Waals surface area contributed by atoms with Crippen molar-refractivity contribution in [2.45, 2.75) is 57.4 Å². The summed E-state index contributed by atoms with van der Waals surface area (Å²) in [6.45, 7) is 2.55. The molecule has 1 unspecified atom stereocenters. The van der Waals surface area contributed by atoms with Crippen LogP contribution < -0.4 is 4.74 Å². The number of para-hydroxylation sites is 2. The van der Waals surface area contributed by atoms with Crippen LogP contribution in [0.25, 0.3) is 11.0 Å². The van der Waals surface area contributed by atoms with Crippen molar-refractivity contribution in [3.63, 3.8) is 0 Å². The molecule has 5 atom stereocenters. The molecule has 0 amide bonds. The largest absolute Gasteiger partial charge is 0.504 e. The summed E-state index contributed by atoms with van der Waals surface area (Å²) in [5.41, 5.74) is 5.47. The minimum Gasteiger partial charge on any atom is -0.504 e. The van der Waals surface area contributed by atoms with Gasteiger partial charge in [0.25, 0.3) is 0 Å². The predicted octanol–water partition coefficient (Wildman–Crippen LogP) is 5.85. The topological polar surface area (TPSA) is 47.3 Å². The van der Waals surface area contributed by atoms with Crippen LogP contribution in [-0.4, -0.2) is 21.8 Å². The van der Waals surface area contributed by atoms with E-state index < -0.39 is 0 Å². The summed E-state index contributed by atoms with van der Waals surface area (Å²) < 4.78 is 7.92. The first-order valence-electron chi connectivity index (χ1n) is 11.4. The van der Waals surface area contributed by atoms with E-state index in [9.17, 15) is 5.11 Å². The lowest BCUT2D eigenvalue weighted by molar-refractivity contribution is 0.0331. The predicted molar refractivity (Wildman–Crippen MR) is 118 cm³/mol. The van der Waals surface area contributed by atoms with E-state index in [1.807, 2.05) is 6.07 Å². The number of fused-ring (bicyclic) bond motifs is 6. The number of aromatic nitrogens is 2. The molecular weight excluding hydrogens is 372 g/mol. The molecule has 2 fully saturated rings. The van der Waals surface area contributed by atoms with E-state index in [2.05, 4.69) is 48.1 Å². The molecule has 2 saturated carbocycles. The fraction of sp³-hybridized carbons (Fsp3) is 0.500. The van der Waals surface area contributed by atoms with E-state index in [1.54, 1.807) is 7.11 Å². The van der Waals surface area contributed by atoms with Gasteiger partial charge in [0.1, 0.15) is 0 Å². The number of phenolic OH excluding ortho intramolecular Hbond substituents is 1. The number of aromatic hydroxyl groups is 1. The van der Waals surface area contributed by atoms with E-state index in [0.717, 1.165) is 23.8 Å². The molecule has 0 radical (unpaired) electrons. The summed E-state index contributed by atoms with van der Waals surface area (Å²) in [4.78, 5) is 4.70. The normalized spacial score (nSPS) is 32.5. The molecule has 0 spiro atoms. The van der Waals surface area contributed by atoms with Gasteiger partial charge >= 0.3 is 0 Å². The number of nitrogens with zero attached hydrogens (tertiary/aromatic N) is 2. The van der Waals surface area contributed by atoms with Crippen LogP contribution in [0.3, 0.4) is 0 Å². The zero-order valence-electron chi connectivity index (χ0n) is 17.8. The van der Waals surface area contributed by atoms with Gasteiger partial charge in [0.2, 0.25) is 0 Å². The van der Waals surface area contributed by atoms with Crippen molar-refractivity contribution in [1.82, 2.24) is 9.55 Å². The Morgan fingerprint density at radius 2 is 2.00 bits per heavy atom. The standard InChI is InChI=1S/C26H30N2O2/c1-26-12-11-17-18(8-7-16-13-23(29)24(30-2)14-19(16)17)20(26)9-10-25(26)28-15-27-21-5-3-4-6-22(21)28/h3-6,13-15,17-18,20,25,29H,7-12H2,1-2H3/t17-,18+,20-,25?,26-/m0/s1. The van der Waals surface area contributed by atoms with E-state index in [-0.39, 0.29) is 5.75 Å². The van der Waals surface area contributed by atoms with Crippen molar-refractivity contribution in [1.29, 1.82) is 0 Å². The molecule has 2 aromatic carbocycles. The highest BCUT2D eigenvalue weighted by Gasteiger charge is 2.55. The van der Waals surface area contributed by atoms with Crippen LogP contribution >= 0.6 is 0 Å². The summed E-state index contributed by atoms with van der Waals surface area (Å²) >= 11 is 0. The number of ether oxygens (including phenoxy) is 1. The second-order valence-corrected chi connectivity index (χ2v) is 9.92. The summed E-state index contributed by atoms with van der Waals surface area (Å²) in [5, 5.41) is 10.2. The molecule has 1 N–H and O–H groups in total. The molecule has 1 heterocycles. The van der Waals surface area contributed by atoms with Gasteiger partial charge in [-0.3, -0.25) is 0 Å². The maximum Gasteiger partial charge on any atom is 0.160 e. The van der Waals surface area contributed by atoms with Gasteiger partial charge in [-0.1, -0.05) is 19.1 Å². The SMILES string of the molecule is COc1cc2c(cc1O)CC[C@@H]1[C@@H]2CC[C@]2(C)C(n3cnc4ccccc43)CC[C@@H]12. The fourth-order valence-electron chi connectivity index (χ4n) is 7.41. The number of aryl methyl sites for hydroxylation is 1. The Balaban J connectivity index is 1.36. The number of hydrogen-bond acceptors (Lipinski definition) is 3. The van der Waals surface area contributed by atoms with E-state index in [0.29, 0.717) is 23.1 Å². The van der Waals surface area contributed by atoms with Crippen LogP contribution in [0.1, 0.15) is 62.1 Å². The van der Waals surface area contributed by atoms with Crippen LogP contribution in [-0.2, 0) is 6.42 Å². The van der Waals surface area contributed by atoms with Gasteiger partial charge in [-0.15, -0.1) is 0 Å². The van der Waals surface area contributed by atoms with E-state index in [4.69, 9.17) is 9.72 Å². The third-order valence-corrected chi connectivity index (χ3v) is 8.79. The van der Waals surface area contributed by atoms with Crippen molar-refractivity contribution in [3.05, 3.63) is 53.9 Å². The summed E-state index contributed by atoms with van der Waals surface area (Å²) in [6, 6.07) is 13.2. The van der Waals surface area contributed by atoms with Crippen LogP contribution in [0.5, 0.6) is 11.5 Å². The minimum atomic E-state index is 0.281. The summed E-state index contributed by atoms with van der Waals surface area (Å²) in [7, 11) is 1.65. The summed E-state index contributed by atoms with van der Waals surface area (Å²) in [6.07, 6.45) is 9.41. The minimum absolute atomic E-state index is 0.281. The number of methoxy groups -OCH3 is 1. The molecule has 3 aliphatic rings. The molecule has 156 valence electrons. The number of phenols is 1. The number of benzene rings is 2. The molecular formula is C26H30N2O2. The Morgan fingerprint density at radius 3 is 2.87 bits per heavy atom. The molecule has 1 aromatic heterocycles. The molecule has 30 heavy (non-hydrogen) atoms. The van der Waals surface area contributed by atoms with E-state index >= 15 is 0 Å². The van der Waals surface area contributed by atoms with Gasteiger partial charge in [-0.25, -0.2) is 4.98 Å². The lowest BCUT2D eigenvalue weighted by Crippen LogP contribution is -2.42. The first-order valence-corrected chi connectivity index (χ1v) is 11.4. The lowest BCUT2D eigenvalue weighted by Gasteiger charge is -2.51. The maximum atomic E-state index is 10.2. The van der Waals surface area contributed by atoms with Crippen molar-refractivity contribution < 1.29 is 9.84 Å². The Labute approximate surface area is 177 Å². The number of hydrogen-bond donors (Lipinski definition) is 1. The molecule has 3 aliphatic carbocycles.